The highest BCUT2D eigenvalue weighted by atomic mass is 127. The molecule has 1 fully saturated rings. The molecule has 0 aliphatic heterocycles. The molecule has 2 rings (SSSR count). The van der Waals surface area contributed by atoms with Gasteiger partial charge < -0.3 is 15.2 Å². The Hall–Kier alpha value is -0.860. The van der Waals surface area contributed by atoms with Crippen LogP contribution in [0.3, 0.4) is 0 Å². The number of nitrogens with zero attached hydrogens (tertiary/aromatic N) is 3. The van der Waals surface area contributed by atoms with Crippen LogP contribution >= 0.6 is 24.0 Å². The molecule has 1 saturated carbocycles. The molecule has 0 saturated heterocycles. The van der Waals surface area contributed by atoms with Gasteiger partial charge in [-0.2, -0.15) is 4.98 Å². The maximum atomic E-state index is 5.09. The third-order valence-corrected chi connectivity index (χ3v) is 4.21. The van der Waals surface area contributed by atoms with Crippen molar-refractivity contribution in [3.63, 3.8) is 0 Å². The van der Waals surface area contributed by atoms with E-state index in [2.05, 4.69) is 25.8 Å². The van der Waals surface area contributed by atoms with Crippen molar-refractivity contribution < 1.29 is 4.52 Å². The van der Waals surface area contributed by atoms with Crippen LogP contribution in [0.25, 0.3) is 0 Å². The molecule has 0 aromatic carbocycles. The Morgan fingerprint density at radius 3 is 2.52 bits per heavy atom. The van der Waals surface area contributed by atoms with Crippen molar-refractivity contribution in [3.8, 4) is 0 Å². The third kappa shape index (κ3) is 7.99. The zero-order valence-electron chi connectivity index (χ0n) is 14.3. The summed E-state index contributed by atoms with van der Waals surface area (Å²) in [5.41, 5.74) is 0. The Morgan fingerprint density at radius 1 is 1.22 bits per heavy atom. The van der Waals surface area contributed by atoms with Crippen molar-refractivity contribution in [1.29, 1.82) is 0 Å². The van der Waals surface area contributed by atoms with Gasteiger partial charge in [-0.3, -0.25) is 4.99 Å². The summed E-state index contributed by atoms with van der Waals surface area (Å²) >= 11 is 0. The average molecular weight is 435 g/mol. The highest BCUT2D eigenvalue weighted by Crippen LogP contribution is 2.28. The number of aryl methyl sites for hydroxylation is 2. The number of hydrogen-bond acceptors (Lipinski definition) is 4. The fourth-order valence-corrected chi connectivity index (χ4v) is 3.01. The van der Waals surface area contributed by atoms with E-state index >= 15 is 0 Å². The van der Waals surface area contributed by atoms with Gasteiger partial charge in [-0.1, -0.05) is 30.8 Å². The number of guanidine groups is 1. The Kier molecular flexibility index (Phi) is 10.2. The van der Waals surface area contributed by atoms with Gasteiger partial charge in [0.1, 0.15) is 0 Å². The lowest BCUT2D eigenvalue weighted by Crippen LogP contribution is -2.38. The van der Waals surface area contributed by atoms with Gasteiger partial charge >= 0.3 is 0 Å². The maximum Gasteiger partial charge on any atom is 0.226 e. The lowest BCUT2D eigenvalue weighted by molar-refractivity contribution is 0.372. The van der Waals surface area contributed by atoms with Crippen molar-refractivity contribution in [3.05, 3.63) is 11.7 Å². The minimum Gasteiger partial charge on any atom is -0.356 e. The highest BCUT2D eigenvalue weighted by Gasteiger charge is 2.13. The van der Waals surface area contributed by atoms with Crippen LogP contribution in [0, 0.1) is 12.8 Å². The topological polar surface area (TPSA) is 75.3 Å². The second-order valence-electron chi connectivity index (χ2n) is 6.06. The lowest BCUT2D eigenvalue weighted by atomic mass is 10.0. The van der Waals surface area contributed by atoms with Crippen LogP contribution in [0.15, 0.2) is 9.52 Å². The smallest absolute Gasteiger partial charge is 0.226 e. The van der Waals surface area contributed by atoms with Gasteiger partial charge in [-0.15, -0.1) is 24.0 Å². The SMILES string of the molecule is CN=C(NCCCc1nc(C)no1)NCCCC1CCCC1.I. The van der Waals surface area contributed by atoms with Crippen LogP contribution < -0.4 is 10.6 Å². The van der Waals surface area contributed by atoms with E-state index in [0.717, 1.165) is 37.8 Å². The van der Waals surface area contributed by atoms with Crippen LogP contribution in [0.5, 0.6) is 0 Å². The molecule has 23 heavy (non-hydrogen) atoms. The summed E-state index contributed by atoms with van der Waals surface area (Å²) in [5, 5.41) is 10.5. The van der Waals surface area contributed by atoms with Crippen molar-refractivity contribution in [2.24, 2.45) is 10.9 Å². The molecule has 0 radical (unpaired) electrons. The molecule has 0 spiro atoms. The molecule has 1 aromatic heterocycles. The average Bonchev–Trinajstić information content (AvgIpc) is 3.17. The molecule has 2 N–H and O–H groups in total. The van der Waals surface area contributed by atoms with Gasteiger partial charge in [-0.05, 0) is 32.1 Å². The zero-order valence-corrected chi connectivity index (χ0v) is 16.6. The monoisotopic (exact) mass is 435 g/mol. The summed E-state index contributed by atoms with van der Waals surface area (Å²) in [6, 6.07) is 0. The van der Waals surface area contributed by atoms with Crippen LogP contribution in [0.4, 0.5) is 0 Å². The molecule has 1 aromatic rings. The van der Waals surface area contributed by atoms with E-state index in [0.29, 0.717) is 11.7 Å². The van der Waals surface area contributed by atoms with Gasteiger partial charge in [0.25, 0.3) is 0 Å². The fraction of sp³-hybridized carbons (Fsp3) is 0.812. The number of nitrogens with one attached hydrogen (secondary N) is 2. The normalized spacial score (nSPS) is 15.5. The Bertz CT molecular complexity index is 457. The Balaban J connectivity index is 0.00000264. The fourth-order valence-electron chi connectivity index (χ4n) is 3.01. The van der Waals surface area contributed by atoms with E-state index in [1.807, 2.05) is 14.0 Å². The lowest BCUT2D eigenvalue weighted by Gasteiger charge is -2.13. The molecule has 0 bridgehead atoms. The summed E-state index contributed by atoms with van der Waals surface area (Å²) in [7, 11) is 1.81. The molecule has 1 aliphatic rings. The first-order valence-corrected chi connectivity index (χ1v) is 8.51. The molecule has 132 valence electrons. The van der Waals surface area contributed by atoms with E-state index in [1.54, 1.807) is 0 Å². The van der Waals surface area contributed by atoms with Gasteiger partial charge in [0, 0.05) is 26.6 Å². The number of aliphatic imine (C=N–C) groups is 1. The van der Waals surface area contributed by atoms with Crippen LogP contribution in [0.2, 0.25) is 0 Å². The standard InChI is InChI=1S/C16H29N5O.HI/c1-13-20-15(22-21-13)10-6-12-19-16(17-2)18-11-5-9-14-7-3-4-8-14;/h14H,3-12H2,1-2H3,(H2,17,18,19);1H. The van der Waals surface area contributed by atoms with E-state index in [9.17, 15) is 0 Å². The van der Waals surface area contributed by atoms with Crippen LogP contribution in [-0.2, 0) is 6.42 Å². The maximum absolute atomic E-state index is 5.09. The molecule has 6 nitrogen and oxygen atoms in total. The Labute approximate surface area is 156 Å². The van der Waals surface area contributed by atoms with Gasteiger partial charge in [-0.25, -0.2) is 0 Å². The second kappa shape index (κ2) is 11.6. The van der Waals surface area contributed by atoms with E-state index in [4.69, 9.17) is 4.52 Å². The van der Waals surface area contributed by atoms with Crippen molar-refractivity contribution in [2.75, 3.05) is 20.1 Å². The molecule has 0 unspecified atom stereocenters. The van der Waals surface area contributed by atoms with Crippen molar-refractivity contribution in [1.82, 2.24) is 20.8 Å². The molecule has 1 aliphatic carbocycles. The summed E-state index contributed by atoms with van der Waals surface area (Å²) in [6.07, 6.45) is 10.1. The van der Waals surface area contributed by atoms with Crippen LogP contribution in [-0.4, -0.2) is 36.2 Å². The Morgan fingerprint density at radius 2 is 1.91 bits per heavy atom. The largest absolute Gasteiger partial charge is 0.356 e. The first-order valence-electron chi connectivity index (χ1n) is 8.51. The quantitative estimate of drug-likeness (QED) is 0.284. The summed E-state index contributed by atoms with van der Waals surface area (Å²) in [6.45, 7) is 3.69. The van der Waals surface area contributed by atoms with E-state index in [1.165, 1.54) is 38.5 Å². The predicted octanol–water partition coefficient (Wildman–Crippen LogP) is 3.06. The summed E-state index contributed by atoms with van der Waals surface area (Å²) in [5.74, 6) is 3.25. The number of rotatable bonds is 8. The van der Waals surface area contributed by atoms with E-state index in [-0.39, 0.29) is 24.0 Å². The van der Waals surface area contributed by atoms with Gasteiger partial charge in [0.15, 0.2) is 11.8 Å². The zero-order chi connectivity index (χ0) is 15.6. The molecule has 0 atom stereocenters. The number of aromatic nitrogens is 2. The highest BCUT2D eigenvalue weighted by molar-refractivity contribution is 14.0. The summed E-state index contributed by atoms with van der Waals surface area (Å²) < 4.78 is 5.09. The first kappa shape index (κ1) is 20.2. The molecule has 7 heteroatoms. The van der Waals surface area contributed by atoms with E-state index < -0.39 is 0 Å². The molecule has 0 amide bonds. The third-order valence-electron chi connectivity index (χ3n) is 4.21. The van der Waals surface area contributed by atoms with Gasteiger partial charge in [0.2, 0.25) is 5.89 Å². The molecule has 1 heterocycles. The van der Waals surface area contributed by atoms with Crippen molar-refractivity contribution in [2.45, 2.75) is 58.3 Å². The van der Waals surface area contributed by atoms with Crippen LogP contribution in [0.1, 0.15) is 56.7 Å². The minimum atomic E-state index is 0. The molecular formula is C16H30IN5O. The molecular weight excluding hydrogens is 405 g/mol. The number of halogens is 1. The first-order chi connectivity index (χ1) is 10.8. The van der Waals surface area contributed by atoms with Gasteiger partial charge in [0.05, 0.1) is 0 Å². The number of hydrogen-bond donors (Lipinski definition) is 2. The second-order valence-corrected chi connectivity index (χ2v) is 6.06. The van der Waals surface area contributed by atoms with Crippen molar-refractivity contribution >= 4 is 29.9 Å². The summed E-state index contributed by atoms with van der Waals surface area (Å²) in [4.78, 5) is 8.44. The predicted molar refractivity (Wildman–Crippen MR) is 103 cm³/mol. The minimum absolute atomic E-state index is 0.